The third-order valence-electron chi connectivity index (χ3n) is 12.6. The van der Waals surface area contributed by atoms with Gasteiger partial charge in [-0.2, -0.15) is 0 Å². The van der Waals surface area contributed by atoms with Gasteiger partial charge in [0.2, 0.25) is 11.6 Å². The second-order valence-electron chi connectivity index (χ2n) is 15.9. The molecule has 10 aliphatic rings. The number of hydrogen-bond acceptors (Lipinski definition) is 14. The van der Waals surface area contributed by atoms with Crippen LogP contribution in [0.3, 0.4) is 0 Å². The summed E-state index contributed by atoms with van der Waals surface area (Å²) >= 11 is 6.51. The number of allylic oxidation sites excluding steroid dienone is 14. The molecule has 0 saturated heterocycles. The van der Waals surface area contributed by atoms with E-state index in [9.17, 15) is 47.9 Å². The van der Waals surface area contributed by atoms with E-state index in [4.69, 9.17) is 4.74 Å². The van der Waals surface area contributed by atoms with Gasteiger partial charge in [0.15, 0.2) is 34.7 Å². The number of rotatable bonds is 10. The van der Waals surface area contributed by atoms with Crippen LogP contribution < -0.4 is 10.6 Å². The fourth-order valence-corrected chi connectivity index (χ4v) is 11.2. The highest BCUT2D eigenvalue weighted by Gasteiger charge is 2.56. The third-order valence-corrected chi connectivity index (χ3v) is 14.1. The first kappa shape index (κ1) is 44.2. The number of nitrogens with one attached hydrogen (secondary N) is 2. The molecule has 10 aliphatic carbocycles. The van der Waals surface area contributed by atoms with Crippen molar-refractivity contribution in [2.45, 2.75) is 43.4 Å². The molecule has 0 radical (unpaired) electrons. The summed E-state index contributed by atoms with van der Waals surface area (Å²) in [5, 5.41) is 5.76. The van der Waals surface area contributed by atoms with E-state index in [0.29, 0.717) is 0 Å². The molecule has 332 valence electrons. The number of halogens is 2. The van der Waals surface area contributed by atoms with E-state index in [1.165, 1.54) is 24.3 Å². The number of hydrogen-bond donors (Lipinski definition) is 2. The Bertz CT molecular complexity index is 3070. The van der Waals surface area contributed by atoms with Crippen LogP contribution in [0, 0.1) is 0 Å². The van der Waals surface area contributed by atoms with E-state index in [1.54, 1.807) is 19.1 Å². The average Bonchev–Trinajstić information content (AvgIpc) is 3.31. The number of ether oxygens (including phenoxy) is 2. The summed E-state index contributed by atoms with van der Waals surface area (Å²) < 4.78 is 9.65. The van der Waals surface area contributed by atoms with Gasteiger partial charge in [0, 0.05) is 82.8 Å². The molecule has 0 aliphatic heterocycles. The first-order valence-electron chi connectivity index (χ1n) is 20.8. The molecular weight excluding hydrogens is 980 g/mol. The van der Waals surface area contributed by atoms with Crippen molar-refractivity contribution in [2.24, 2.45) is 0 Å². The number of ketones is 8. The Kier molecular flexibility index (Phi) is 11.4. The lowest BCUT2D eigenvalue weighted by molar-refractivity contribution is -0.143. The van der Waals surface area contributed by atoms with Crippen LogP contribution in [0.15, 0.2) is 151 Å². The van der Waals surface area contributed by atoms with Gasteiger partial charge >= 0.3 is 11.9 Å². The van der Waals surface area contributed by atoms with Gasteiger partial charge in [0.05, 0.1) is 34.7 Å². The molecule has 66 heavy (non-hydrogen) atoms. The predicted octanol–water partition coefficient (Wildman–Crippen LogP) is 5.34. The molecule has 4 unspecified atom stereocenters. The maximum absolute atomic E-state index is 13.7. The van der Waals surface area contributed by atoms with E-state index < -0.39 is 58.7 Å². The van der Waals surface area contributed by atoms with Gasteiger partial charge in [-0.25, -0.2) is 0 Å². The second kappa shape index (κ2) is 17.1. The molecule has 0 heterocycles. The Balaban J connectivity index is 0.000000179. The summed E-state index contributed by atoms with van der Waals surface area (Å²) in [5.74, 6) is -7.14. The molecule has 0 fully saturated rings. The zero-order valence-electron chi connectivity index (χ0n) is 34.7. The molecule has 4 atom stereocenters. The van der Waals surface area contributed by atoms with E-state index in [-0.39, 0.29) is 122 Å². The minimum Gasteiger partial charge on any atom is -0.466 e. The lowest BCUT2D eigenvalue weighted by Crippen LogP contribution is -2.43. The minimum atomic E-state index is -0.808. The van der Waals surface area contributed by atoms with E-state index in [2.05, 4.69) is 53.8 Å². The van der Waals surface area contributed by atoms with Gasteiger partial charge in [-0.05, 0) is 85.3 Å². The second-order valence-corrected chi connectivity index (χ2v) is 17.5. The Labute approximate surface area is 393 Å². The van der Waals surface area contributed by atoms with Crippen LogP contribution in [0.1, 0.15) is 67.1 Å². The summed E-state index contributed by atoms with van der Waals surface area (Å²) in [4.78, 5) is 129. The van der Waals surface area contributed by atoms with E-state index in [1.807, 2.05) is 36.4 Å². The SMILES string of the molecule is C=COC(=O)CCNC1=C(Br)C(=O)C2=C(C1=O)C1C3=C(C(=O)C=CC3=O)C2c2ccccc21.CCOC(=O)CCNC1=C(Br)C(=O)C2=C(C1=O)C1C3=C(C(=O)C=CC3=O)C2c2ccccc21.[HH]. The number of Topliss-reactive ketones (excluding diaryl/α,β-unsaturated/α-hetero) is 4. The number of benzene rings is 2. The fraction of sp³-hybridized carbons (Fsp3) is 0.200. The average molecular weight is 1020 g/mol. The van der Waals surface area contributed by atoms with Crippen molar-refractivity contribution in [1.29, 1.82) is 0 Å². The predicted molar refractivity (Wildman–Crippen MR) is 242 cm³/mol. The molecule has 0 aromatic heterocycles. The van der Waals surface area contributed by atoms with Gasteiger partial charge in [-0.1, -0.05) is 55.1 Å². The lowest BCUT2D eigenvalue weighted by Gasteiger charge is -2.44. The van der Waals surface area contributed by atoms with Gasteiger partial charge in [-0.15, -0.1) is 0 Å². The highest BCUT2D eigenvalue weighted by molar-refractivity contribution is 9.12. The lowest BCUT2D eigenvalue weighted by atomic mass is 9.56. The summed E-state index contributed by atoms with van der Waals surface area (Å²) in [6.07, 6.45) is 5.88. The fourth-order valence-electron chi connectivity index (χ4n) is 10.1. The normalized spacial score (nSPS) is 23.0. The smallest absolute Gasteiger partial charge is 0.312 e. The van der Waals surface area contributed by atoms with Crippen LogP contribution in [0.4, 0.5) is 0 Å². The van der Waals surface area contributed by atoms with Gasteiger partial charge in [-0.3, -0.25) is 47.9 Å². The molecule has 2 N–H and O–H groups in total. The molecule has 0 amide bonds. The monoisotopic (exact) mass is 1010 g/mol. The molecule has 14 nitrogen and oxygen atoms in total. The van der Waals surface area contributed by atoms with Crippen LogP contribution in [-0.2, 0) is 57.4 Å². The Morgan fingerprint density at radius 1 is 0.545 bits per heavy atom. The van der Waals surface area contributed by atoms with E-state index in [0.717, 1.165) is 28.5 Å². The molecule has 0 saturated carbocycles. The summed E-state index contributed by atoms with van der Waals surface area (Å²) in [6.45, 7) is 5.42. The van der Waals surface area contributed by atoms with Gasteiger partial charge < -0.3 is 20.1 Å². The summed E-state index contributed by atoms with van der Waals surface area (Å²) in [6, 6.07) is 14.5. The van der Waals surface area contributed by atoms with Crippen molar-refractivity contribution in [3.05, 3.63) is 173 Å². The van der Waals surface area contributed by atoms with Crippen molar-refractivity contribution in [3.63, 3.8) is 0 Å². The van der Waals surface area contributed by atoms with Gasteiger partial charge in [0.1, 0.15) is 11.4 Å². The summed E-state index contributed by atoms with van der Waals surface area (Å²) in [7, 11) is 0. The highest BCUT2D eigenvalue weighted by atomic mass is 79.9. The maximum Gasteiger partial charge on any atom is 0.312 e. The minimum absolute atomic E-state index is 0. The molecule has 0 spiro atoms. The summed E-state index contributed by atoms with van der Waals surface area (Å²) in [5.41, 5.74) is 5.04. The number of carbonyl (C=O) groups is 10. The molecule has 4 bridgehead atoms. The van der Waals surface area contributed by atoms with Crippen molar-refractivity contribution in [2.75, 3.05) is 19.7 Å². The third kappa shape index (κ3) is 6.72. The van der Waals surface area contributed by atoms with Crippen molar-refractivity contribution in [3.8, 4) is 0 Å². The highest BCUT2D eigenvalue weighted by Crippen LogP contribution is 2.60. The number of esters is 2. The first-order valence-corrected chi connectivity index (χ1v) is 22.4. The van der Waals surface area contributed by atoms with E-state index >= 15 is 0 Å². The van der Waals surface area contributed by atoms with Crippen LogP contribution in [0.5, 0.6) is 0 Å². The quantitative estimate of drug-likeness (QED) is 0.175. The Morgan fingerprint density at radius 2 is 0.864 bits per heavy atom. The molecule has 2 aromatic rings. The molecule has 2 aromatic carbocycles. The largest absolute Gasteiger partial charge is 0.466 e. The number of carbonyl (C=O) groups excluding carboxylic acids is 10. The maximum atomic E-state index is 13.7. The topological polar surface area (TPSA) is 213 Å². The van der Waals surface area contributed by atoms with Crippen LogP contribution in [0.2, 0.25) is 0 Å². The first-order chi connectivity index (χ1) is 31.7. The molecular formula is C50H36Br2N2O12. The zero-order chi connectivity index (χ0) is 46.9. The van der Waals surface area contributed by atoms with Crippen LogP contribution >= 0.6 is 31.9 Å². The molecule has 12 rings (SSSR count). The van der Waals surface area contributed by atoms with Crippen molar-refractivity contribution >= 4 is 90.1 Å². The van der Waals surface area contributed by atoms with Gasteiger partial charge in [0.25, 0.3) is 0 Å². The Morgan fingerprint density at radius 3 is 1.18 bits per heavy atom. The molecule has 16 heteroatoms. The van der Waals surface area contributed by atoms with Crippen molar-refractivity contribution in [1.82, 2.24) is 10.6 Å². The standard InChI is InChI=1S/C25H18BrNO6.C25H16BrNO6.H2/c2*1-2-33-15(30)9-10-27-23-22(26)24(31)20-16-11-5-3-4-6-12(11)17(21(20)25(23)32)19-14(29)8-7-13(28)18(16)19;/h3-8,16-17,27H,2,9-10H2,1H3;2-8,16-17,27H,1,9-10H2;1H. The Hall–Kier alpha value is -7.04. The van der Waals surface area contributed by atoms with Crippen LogP contribution in [-0.4, -0.2) is 77.9 Å². The zero-order valence-corrected chi connectivity index (χ0v) is 37.9. The van der Waals surface area contributed by atoms with Crippen LogP contribution in [0.25, 0.3) is 0 Å². The van der Waals surface area contributed by atoms with Crippen molar-refractivity contribution < 1.29 is 58.8 Å².